The molecule has 0 saturated carbocycles. The van der Waals surface area contributed by atoms with Crippen LogP contribution in [0, 0.1) is 11.3 Å². The molecule has 1 amide bonds. The predicted octanol–water partition coefficient (Wildman–Crippen LogP) is 7.50. The highest BCUT2D eigenvalue weighted by Crippen LogP contribution is 2.40. The third-order valence-electron chi connectivity index (χ3n) is 6.99. The van der Waals surface area contributed by atoms with Gasteiger partial charge in [0.1, 0.15) is 5.00 Å². The molecule has 3 aromatic carbocycles. The largest absolute Gasteiger partial charge is 0.342 e. The summed E-state index contributed by atoms with van der Waals surface area (Å²) in [6.45, 7) is 0.693. The summed E-state index contributed by atoms with van der Waals surface area (Å²) >= 11 is 1.65. The summed E-state index contributed by atoms with van der Waals surface area (Å²) in [4.78, 5) is 19.6. The number of fused-ring (bicyclic) bond motifs is 2. The Labute approximate surface area is 225 Å². The topological polar surface area (TPSA) is 70.2 Å². The fraction of sp³-hybridized carbons (Fsp3) is 0.156. The number of aromatic nitrogens is 1. The molecule has 5 nitrogen and oxygen atoms in total. The Morgan fingerprint density at radius 3 is 2.58 bits per heavy atom. The molecule has 0 saturated heterocycles. The van der Waals surface area contributed by atoms with Crippen molar-refractivity contribution in [2.45, 2.75) is 32.2 Å². The molecule has 2 heterocycles. The van der Waals surface area contributed by atoms with Gasteiger partial charge in [0.2, 0.25) is 0 Å². The highest BCUT2D eigenvalue weighted by Gasteiger charge is 2.25. The number of thiophene rings is 1. The van der Waals surface area contributed by atoms with Crippen LogP contribution in [0.3, 0.4) is 0 Å². The van der Waals surface area contributed by atoms with E-state index >= 15 is 0 Å². The Bertz CT molecular complexity index is 1690. The van der Waals surface area contributed by atoms with Crippen molar-refractivity contribution in [3.05, 3.63) is 118 Å². The van der Waals surface area contributed by atoms with Gasteiger partial charge >= 0.3 is 0 Å². The zero-order valence-corrected chi connectivity index (χ0v) is 21.7. The van der Waals surface area contributed by atoms with Crippen LogP contribution in [0.4, 0.5) is 10.7 Å². The number of nitrogens with one attached hydrogen (secondary N) is 1. The Hall–Kier alpha value is -4.47. The number of benzene rings is 3. The van der Waals surface area contributed by atoms with Gasteiger partial charge in [-0.2, -0.15) is 5.26 Å². The number of hydrogen-bond donors (Lipinski definition) is 1. The second kappa shape index (κ2) is 10.5. The molecule has 2 aromatic heterocycles. The van der Waals surface area contributed by atoms with E-state index in [9.17, 15) is 4.79 Å². The van der Waals surface area contributed by atoms with Crippen LogP contribution in [0.25, 0.3) is 10.9 Å². The van der Waals surface area contributed by atoms with Crippen LogP contribution in [-0.2, 0) is 19.4 Å². The van der Waals surface area contributed by atoms with Crippen LogP contribution in [0.5, 0.6) is 0 Å². The van der Waals surface area contributed by atoms with Crippen molar-refractivity contribution in [2.24, 2.45) is 4.99 Å². The van der Waals surface area contributed by atoms with Gasteiger partial charge in [-0.25, -0.2) is 4.99 Å². The molecular weight excluding hydrogens is 488 g/mol. The van der Waals surface area contributed by atoms with E-state index in [-0.39, 0.29) is 5.91 Å². The lowest BCUT2D eigenvalue weighted by atomic mass is 9.95. The first-order valence-electron chi connectivity index (χ1n) is 12.8. The third kappa shape index (κ3) is 4.77. The first-order chi connectivity index (χ1) is 18.7. The monoisotopic (exact) mass is 514 g/mol. The summed E-state index contributed by atoms with van der Waals surface area (Å²) in [6.07, 6.45) is 8.19. The first-order valence-corrected chi connectivity index (χ1v) is 13.6. The second-order valence-corrected chi connectivity index (χ2v) is 10.6. The quantitative estimate of drug-likeness (QED) is 0.238. The fourth-order valence-corrected chi connectivity index (χ4v) is 6.34. The summed E-state index contributed by atoms with van der Waals surface area (Å²) in [5.41, 5.74) is 6.56. The van der Waals surface area contributed by atoms with Crippen molar-refractivity contribution in [3.8, 4) is 6.07 Å². The zero-order chi connectivity index (χ0) is 25.9. The van der Waals surface area contributed by atoms with Crippen LogP contribution >= 0.6 is 11.3 Å². The second-order valence-electron chi connectivity index (χ2n) is 9.51. The maximum absolute atomic E-state index is 13.4. The van der Waals surface area contributed by atoms with Gasteiger partial charge in [-0.15, -0.1) is 11.3 Å². The predicted molar refractivity (Wildman–Crippen MR) is 155 cm³/mol. The van der Waals surface area contributed by atoms with Crippen LogP contribution in [0.15, 0.2) is 90.1 Å². The van der Waals surface area contributed by atoms with Gasteiger partial charge in [0.05, 0.1) is 17.2 Å². The minimum Gasteiger partial charge on any atom is -0.342 e. The number of carbonyl (C=O) groups excluding carboxylic acids is 1. The van der Waals surface area contributed by atoms with E-state index < -0.39 is 0 Å². The molecule has 6 rings (SSSR count). The van der Waals surface area contributed by atoms with Gasteiger partial charge < -0.3 is 9.88 Å². The van der Waals surface area contributed by atoms with Crippen molar-refractivity contribution < 1.29 is 4.79 Å². The molecule has 0 atom stereocenters. The van der Waals surface area contributed by atoms with Crippen molar-refractivity contribution in [2.75, 3.05) is 5.32 Å². The van der Waals surface area contributed by atoms with Crippen LogP contribution in [0.2, 0.25) is 0 Å². The van der Waals surface area contributed by atoms with E-state index in [1.807, 2.05) is 72.9 Å². The smallest absolute Gasteiger partial charge is 0.259 e. The SMILES string of the molecule is N#Cc1ccc(Cn2cc(C=Nc3sc4c(c3C(=O)Nc3ccccc3)CCCC4)c3ccccc32)cc1. The van der Waals surface area contributed by atoms with E-state index in [4.69, 9.17) is 10.3 Å². The Balaban J connectivity index is 1.35. The molecule has 1 aliphatic carbocycles. The van der Waals surface area contributed by atoms with Gasteiger partial charge in [-0.3, -0.25) is 4.79 Å². The molecule has 1 aliphatic rings. The van der Waals surface area contributed by atoms with E-state index in [1.54, 1.807) is 11.3 Å². The number of rotatable bonds is 6. The molecule has 0 radical (unpaired) electrons. The number of aryl methyl sites for hydroxylation is 1. The molecule has 5 aromatic rings. The highest BCUT2D eigenvalue weighted by molar-refractivity contribution is 7.16. The van der Waals surface area contributed by atoms with E-state index in [2.05, 4.69) is 34.3 Å². The summed E-state index contributed by atoms with van der Waals surface area (Å²) in [7, 11) is 0. The number of aliphatic imine (C=N–C) groups is 1. The highest BCUT2D eigenvalue weighted by atomic mass is 32.1. The molecule has 0 unspecified atom stereocenters. The standard InChI is InChI=1S/C32H26N4OS/c33-18-22-14-16-23(17-15-22)20-36-21-24(26-10-4-6-12-28(26)36)19-34-32-30(27-11-5-7-13-29(27)38-32)31(37)35-25-8-2-1-3-9-25/h1-4,6,8-10,12,14-17,19,21H,5,7,11,13,20H2,(H,35,37). The maximum atomic E-state index is 13.4. The lowest BCUT2D eigenvalue weighted by Gasteiger charge is -2.12. The average Bonchev–Trinajstić information content (AvgIpc) is 3.51. The van der Waals surface area contributed by atoms with Gasteiger partial charge in [0, 0.05) is 46.0 Å². The summed E-state index contributed by atoms with van der Waals surface area (Å²) in [6, 6.07) is 27.8. The number of carbonyl (C=O) groups is 1. The van der Waals surface area contributed by atoms with Crippen molar-refractivity contribution in [1.29, 1.82) is 5.26 Å². The van der Waals surface area contributed by atoms with Crippen molar-refractivity contribution >= 4 is 45.0 Å². The van der Waals surface area contributed by atoms with Gasteiger partial charge in [0.15, 0.2) is 0 Å². The lowest BCUT2D eigenvalue weighted by molar-refractivity contribution is 0.102. The molecule has 0 fully saturated rings. The summed E-state index contributed by atoms with van der Waals surface area (Å²) < 4.78 is 2.21. The zero-order valence-electron chi connectivity index (χ0n) is 20.9. The van der Waals surface area contributed by atoms with Crippen molar-refractivity contribution in [3.63, 3.8) is 0 Å². The fourth-order valence-electron chi connectivity index (χ4n) is 5.11. The molecule has 38 heavy (non-hydrogen) atoms. The van der Waals surface area contributed by atoms with Gasteiger partial charge in [-0.1, -0.05) is 48.5 Å². The number of hydrogen-bond acceptors (Lipinski definition) is 4. The normalized spacial score (nSPS) is 12.9. The Morgan fingerprint density at radius 1 is 1.00 bits per heavy atom. The lowest BCUT2D eigenvalue weighted by Crippen LogP contribution is -2.14. The average molecular weight is 515 g/mol. The summed E-state index contributed by atoms with van der Waals surface area (Å²) in [5, 5.41) is 14.1. The molecule has 0 bridgehead atoms. The molecular formula is C32H26N4OS. The van der Waals surface area contributed by atoms with Crippen molar-refractivity contribution in [1.82, 2.24) is 4.57 Å². The Morgan fingerprint density at radius 2 is 1.76 bits per heavy atom. The van der Waals surface area contributed by atoms with E-state index in [1.165, 1.54) is 4.88 Å². The van der Waals surface area contributed by atoms with Crippen LogP contribution in [-0.4, -0.2) is 16.7 Å². The van der Waals surface area contributed by atoms with Gasteiger partial charge in [0.25, 0.3) is 5.91 Å². The third-order valence-corrected chi connectivity index (χ3v) is 8.19. The first kappa shape index (κ1) is 23.9. The van der Waals surface area contributed by atoms with Crippen LogP contribution in [0.1, 0.15) is 50.3 Å². The molecule has 186 valence electrons. The minimum atomic E-state index is -0.0917. The molecule has 1 N–H and O–H groups in total. The minimum absolute atomic E-state index is 0.0917. The van der Waals surface area contributed by atoms with Gasteiger partial charge in [-0.05, 0) is 67.1 Å². The maximum Gasteiger partial charge on any atom is 0.259 e. The van der Waals surface area contributed by atoms with Crippen LogP contribution < -0.4 is 5.32 Å². The number of nitrogens with zero attached hydrogens (tertiary/aromatic N) is 3. The number of anilines is 1. The molecule has 0 spiro atoms. The Kier molecular flexibility index (Phi) is 6.60. The molecule has 0 aliphatic heterocycles. The van der Waals surface area contributed by atoms with E-state index in [0.717, 1.165) is 64.0 Å². The number of amides is 1. The van der Waals surface area contributed by atoms with E-state index in [0.29, 0.717) is 17.7 Å². The number of para-hydroxylation sites is 2. The molecule has 6 heteroatoms. The number of nitriles is 1. The summed E-state index contributed by atoms with van der Waals surface area (Å²) in [5.74, 6) is -0.0917.